The summed E-state index contributed by atoms with van der Waals surface area (Å²) in [6.07, 6.45) is 8.73. The Morgan fingerprint density at radius 2 is 1.76 bits per heavy atom. The summed E-state index contributed by atoms with van der Waals surface area (Å²) >= 11 is 2.32. The molecule has 5 heterocycles. The van der Waals surface area contributed by atoms with Crippen molar-refractivity contribution >= 4 is 51.0 Å². The van der Waals surface area contributed by atoms with Crippen LogP contribution in [0.4, 0.5) is 5.69 Å². The van der Waals surface area contributed by atoms with Gasteiger partial charge < -0.3 is 29.8 Å². The number of aryl methyl sites for hydroxylation is 1. The van der Waals surface area contributed by atoms with Crippen molar-refractivity contribution in [1.82, 2.24) is 25.6 Å². The number of hydrogen-bond donors (Lipinski definition) is 4. The number of aromatic nitrogens is 3. The first-order valence-electron chi connectivity index (χ1n) is 19.4. The Labute approximate surface area is 333 Å². The van der Waals surface area contributed by atoms with Crippen molar-refractivity contribution in [3.8, 4) is 22.9 Å². The van der Waals surface area contributed by atoms with Gasteiger partial charge in [-0.1, -0.05) is 110 Å². The van der Waals surface area contributed by atoms with E-state index in [1.807, 2.05) is 44.3 Å². The minimum absolute atomic E-state index is 0.0805. The van der Waals surface area contributed by atoms with E-state index in [4.69, 9.17) is 18.8 Å². The first kappa shape index (κ1) is 35.8. The standard InChI is InChI=1S/C44H45IN6O4/c1-24(2)36-41-51-37(40-47-23-35(54-40)29-22-46-32-14-8-6-12-28(29)32)38(55-41)44(26(4)48-33-15-9-7-13-30(33)44)31-20-27(17-16-25(31)3)21-34(39(52)50-36)49-42(53)43(45)18-10-5-11-19-43/h6-9,12-17,20,22-24,26,34,36,46,48H,5,10-11,18-19,21H2,1-4H3,(H,49,53)(H,50,52)/t26?,34-,36-,44+/m0/s1. The molecule has 1 saturated carbocycles. The van der Waals surface area contributed by atoms with Crippen LogP contribution in [0, 0.1) is 12.8 Å². The number of anilines is 1. The van der Waals surface area contributed by atoms with Crippen LogP contribution in [-0.2, 0) is 21.4 Å². The van der Waals surface area contributed by atoms with Gasteiger partial charge >= 0.3 is 0 Å². The van der Waals surface area contributed by atoms with E-state index in [9.17, 15) is 9.59 Å². The highest BCUT2D eigenvalue weighted by Crippen LogP contribution is 2.54. The zero-order valence-corrected chi connectivity index (χ0v) is 33.6. The summed E-state index contributed by atoms with van der Waals surface area (Å²) in [6.45, 7) is 8.36. The first-order valence-corrected chi connectivity index (χ1v) is 20.4. The third-order valence-electron chi connectivity index (χ3n) is 12.0. The molecule has 6 aromatic rings. The van der Waals surface area contributed by atoms with Crippen molar-refractivity contribution in [1.29, 1.82) is 0 Å². The first-order chi connectivity index (χ1) is 26.6. The molecule has 9 rings (SSSR count). The lowest BCUT2D eigenvalue weighted by Gasteiger charge is -2.36. The van der Waals surface area contributed by atoms with Crippen LogP contribution in [0.15, 0.2) is 88.0 Å². The molecule has 1 aliphatic carbocycles. The number of carbonyl (C=O) groups is 2. The normalized spacial score (nSPS) is 23.2. The number of para-hydroxylation sites is 2. The van der Waals surface area contributed by atoms with E-state index in [0.717, 1.165) is 76.5 Å². The van der Waals surface area contributed by atoms with Crippen LogP contribution < -0.4 is 16.0 Å². The zero-order chi connectivity index (χ0) is 38.1. The Hall–Kier alpha value is -4.91. The van der Waals surface area contributed by atoms with E-state index in [1.54, 1.807) is 6.20 Å². The number of aromatic amines is 1. The molecule has 55 heavy (non-hydrogen) atoms. The van der Waals surface area contributed by atoms with Crippen molar-refractivity contribution in [2.75, 3.05) is 5.32 Å². The number of halogens is 1. The van der Waals surface area contributed by atoms with Gasteiger partial charge in [-0.15, -0.1) is 0 Å². The predicted molar refractivity (Wildman–Crippen MR) is 221 cm³/mol. The Morgan fingerprint density at radius 1 is 0.982 bits per heavy atom. The molecule has 4 atom stereocenters. The Kier molecular flexibility index (Phi) is 8.90. The van der Waals surface area contributed by atoms with Crippen LogP contribution in [0.1, 0.15) is 92.8 Å². The summed E-state index contributed by atoms with van der Waals surface area (Å²) in [5.41, 5.74) is 6.56. The Bertz CT molecular complexity index is 2440. The van der Waals surface area contributed by atoms with Crippen molar-refractivity contribution in [2.24, 2.45) is 5.92 Å². The lowest BCUT2D eigenvalue weighted by molar-refractivity contribution is -0.131. The third kappa shape index (κ3) is 5.88. The summed E-state index contributed by atoms with van der Waals surface area (Å²) in [7, 11) is 0. The summed E-state index contributed by atoms with van der Waals surface area (Å²) in [4.78, 5) is 41.9. The van der Waals surface area contributed by atoms with E-state index >= 15 is 0 Å². The summed E-state index contributed by atoms with van der Waals surface area (Å²) in [6, 6.07) is 21.2. The van der Waals surface area contributed by atoms with Gasteiger partial charge in [-0.05, 0) is 67.0 Å². The smallest absolute Gasteiger partial charge is 0.249 e. The van der Waals surface area contributed by atoms with Crippen molar-refractivity contribution in [2.45, 2.75) is 93.2 Å². The fourth-order valence-corrected chi connectivity index (χ4v) is 9.99. The second-order valence-electron chi connectivity index (χ2n) is 15.9. The number of oxazole rings is 2. The molecule has 2 amide bonds. The van der Waals surface area contributed by atoms with Gasteiger partial charge in [-0.3, -0.25) is 9.59 Å². The highest BCUT2D eigenvalue weighted by Gasteiger charge is 2.54. The molecular formula is C44H45IN6O4. The average molecular weight is 849 g/mol. The Balaban J connectivity index is 1.25. The van der Waals surface area contributed by atoms with Gasteiger partial charge in [0.2, 0.25) is 23.6 Å². The van der Waals surface area contributed by atoms with Gasteiger partial charge in [-0.2, -0.15) is 0 Å². The largest absolute Gasteiger partial charge is 0.441 e. The number of nitrogens with one attached hydrogen (secondary N) is 4. The minimum Gasteiger partial charge on any atom is -0.441 e. The number of rotatable bonds is 5. The number of H-pyrrole nitrogens is 1. The predicted octanol–water partition coefficient (Wildman–Crippen LogP) is 8.93. The fraction of sp³-hybridized carbons (Fsp3) is 0.364. The summed E-state index contributed by atoms with van der Waals surface area (Å²) < 4.78 is 13.2. The van der Waals surface area contributed by atoms with Crippen LogP contribution in [0.25, 0.3) is 33.8 Å². The average Bonchev–Trinajstić information content (AvgIpc) is 3.98. The summed E-state index contributed by atoms with van der Waals surface area (Å²) in [5, 5.41) is 11.3. The van der Waals surface area contributed by atoms with E-state index in [2.05, 4.69) is 99.8 Å². The van der Waals surface area contributed by atoms with Gasteiger partial charge in [-0.25, -0.2) is 9.97 Å². The highest BCUT2D eigenvalue weighted by molar-refractivity contribution is 14.1. The molecule has 0 radical (unpaired) electrons. The van der Waals surface area contributed by atoms with Gasteiger partial charge in [0, 0.05) is 40.8 Å². The second-order valence-corrected chi connectivity index (χ2v) is 17.9. The topological polar surface area (TPSA) is 138 Å². The minimum atomic E-state index is -0.871. The number of amides is 2. The van der Waals surface area contributed by atoms with E-state index in [0.29, 0.717) is 35.4 Å². The maximum atomic E-state index is 14.5. The lowest BCUT2D eigenvalue weighted by Crippen LogP contribution is -2.54. The Morgan fingerprint density at radius 3 is 2.58 bits per heavy atom. The van der Waals surface area contributed by atoms with Gasteiger partial charge in [0.1, 0.15) is 20.9 Å². The summed E-state index contributed by atoms with van der Waals surface area (Å²) in [5.74, 6) is 1.41. The highest BCUT2D eigenvalue weighted by atomic mass is 127. The van der Waals surface area contributed by atoms with Crippen molar-refractivity contribution in [3.63, 3.8) is 0 Å². The number of benzene rings is 3. The molecule has 3 aromatic heterocycles. The molecule has 1 unspecified atom stereocenters. The number of carbonyl (C=O) groups excluding carboxylic acids is 2. The lowest BCUT2D eigenvalue weighted by atomic mass is 9.67. The zero-order valence-electron chi connectivity index (χ0n) is 31.5. The number of fused-ring (bicyclic) bond motifs is 9. The molecule has 3 aliphatic rings. The molecule has 1 fully saturated rings. The van der Waals surface area contributed by atoms with Crippen LogP contribution in [0.3, 0.4) is 0 Å². The fourth-order valence-electron chi connectivity index (χ4n) is 9.07. The molecule has 2 aliphatic heterocycles. The second kappa shape index (κ2) is 13.7. The maximum Gasteiger partial charge on any atom is 0.249 e. The maximum absolute atomic E-state index is 14.5. The van der Waals surface area contributed by atoms with Gasteiger partial charge in [0.25, 0.3) is 0 Å². The third-order valence-corrected chi connectivity index (χ3v) is 13.6. The number of nitrogens with zero attached hydrogens (tertiary/aromatic N) is 2. The molecule has 11 heteroatoms. The van der Waals surface area contributed by atoms with Crippen LogP contribution in [0.2, 0.25) is 0 Å². The monoisotopic (exact) mass is 848 g/mol. The molecule has 4 bridgehead atoms. The van der Waals surface area contributed by atoms with Gasteiger partial charge in [0.05, 0.1) is 6.20 Å². The molecule has 10 nitrogen and oxygen atoms in total. The SMILES string of the molecule is Cc1ccc2cc1[C@@]1(c3ccccc3NC1C)c1oc(nc1-c1ncc(-c3c[nH]c4ccccc34)o1)[C@H](C(C)C)NC(=O)[C@@H](NC(=O)C1(I)CCCCC1)C2. The molecular weight excluding hydrogens is 803 g/mol. The van der Waals surface area contributed by atoms with Crippen molar-refractivity contribution in [3.05, 3.63) is 113 Å². The van der Waals surface area contributed by atoms with E-state index < -0.39 is 20.9 Å². The van der Waals surface area contributed by atoms with Gasteiger partial charge in [0.15, 0.2) is 17.2 Å². The van der Waals surface area contributed by atoms with Crippen molar-refractivity contribution < 1.29 is 18.4 Å². The number of hydrogen-bond acceptors (Lipinski definition) is 7. The van der Waals surface area contributed by atoms with Crippen LogP contribution >= 0.6 is 22.6 Å². The van der Waals surface area contributed by atoms with E-state index in [-0.39, 0.29) is 23.8 Å². The van der Waals surface area contributed by atoms with E-state index in [1.165, 1.54) is 0 Å². The molecule has 0 saturated heterocycles. The molecule has 4 N–H and O–H groups in total. The van der Waals surface area contributed by atoms with Crippen LogP contribution in [0.5, 0.6) is 0 Å². The molecule has 1 spiro atoms. The molecule has 3 aromatic carbocycles. The van der Waals surface area contributed by atoms with Crippen LogP contribution in [-0.4, -0.2) is 42.3 Å². The number of alkyl halides is 1. The molecule has 282 valence electrons. The quantitative estimate of drug-likeness (QED) is 0.100.